The van der Waals surface area contributed by atoms with Gasteiger partial charge < -0.3 is 9.80 Å². The lowest BCUT2D eigenvalue weighted by Crippen LogP contribution is -2.17. The fraction of sp³-hybridized carbons (Fsp3) is 0.133. The van der Waals surface area contributed by atoms with E-state index in [2.05, 4.69) is 224 Å². The highest BCUT2D eigenvalue weighted by Crippen LogP contribution is 2.53. The van der Waals surface area contributed by atoms with Gasteiger partial charge >= 0.3 is 0 Å². The van der Waals surface area contributed by atoms with E-state index < -0.39 is 0 Å². The lowest BCUT2D eigenvalue weighted by atomic mass is 9.82. The van der Waals surface area contributed by atoms with Crippen LogP contribution in [0.3, 0.4) is 0 Å². The molecule has 0 saturated heterocycles. The van der Waals surface area contributed by atoms with Gasteiger partial charge in [0.25, 0.3) is 0 Å². The molecule has 2 heteroatoms. The van der Waals surface area contributed by atoms with Crippen LogP contribution in [0.2, 0.25) is 0 Å². The Bertz CT molecular complexity index is 2970. The minimum absolute atomic E-state index is 0.619. The summed E-state index contributed by atoms with van der Waals surface area (Å²) < 4.78 is 0. The number of aryl methyl sites for hydroxylation is 2. The average Bonchev–Trinajstić information content (AvgIpc) is 3.33. The molecule has 10 aromatic carbocycles. The average molecular weight is 799 g/mol. The van der Waals surface area contributed by atoms with Gasteiger partial charge in [0, 0.05) is 38.7 Å². The van der Waals surface area contributed by atoms with Crippen LogP contribution in [0.5, 0.6) is 0 Å². The maximum Gasteiger partial charge on any atom is 0.0569 e. The van der Waals surface area contributed by atoms with Gasteiger partial charge in [-0.25, -0.2) is 0 Å². The van der Waals surface area contributed by atoms with E-state index in [9.17, 15) is 0 Å². The zero-order valence-corrected chi connectivity index (χ0v) is 35.6. The minimum atomic E-state index is 0.619. The fourth-order valence-electron chi connectivity index (χ4n) is 10.5. The fourth-order valence-corrected chi connectivity index (χ4v) is 10.5. The van der Waals surface area contributed by atoms with Crippen molar-refractivity contribution >= 4 is 66.4 Å². The van der Waals surface area contributed by atoms with Crippen molar-refractivity contribution in [3.63, 3.8) is 0 Å². The van der Waals surface area contributed by atoms with Crippen LogP contribution in [0, 0.1) is 13.8 Å². The largest absolute Gasteiger partial charge is 0.309 e. The van der Waals surface area contributed by atoms with Crippen molar-refractivity contribution in [3.05, 3.63) is 217 Å². The predicted octanol–water partition coefficient (Wildman–Crippen LogP) is 17.5. The van der Waals surface area contributed by atoms with Crippen LogP contribution < -0.4 is 9.80 Å². The summed E-state index contributed by atoms with van der Waals surface area (Å²) >= 11 is 0. The summed E-state index contributed by atoms with van der Waals surface area (Å²) in [5.74, 6) is 0.619. The standard InChI is InChI=1S/C60H50N2/c1-41-20-18-32-51(44-24-10-4-11-25-44)59(41)61(49-28-14-6-15-29-49)55-40-56(62(50-30-16-7-17-31-50)60-42(2)21-19-33-52(60)45-26-12-5-13-27-45)54-37-35-47-39-48(43-22-8-3-9-23-43)38-46-34-36-53(55)58(54)57(46)47/h4-7,10-21,24-40,43H,3,8-9,22-23H2,1-2H3. The first kappa shape index (κ1) is 37.8. The molecular weight excluding hydrogens is 749 g/mol. The maximum absolute atomic E-state index is 2.54. The summed E-state index contributed by atoms with van der Waals surface area (Å²) in [6, 6.07) is 74.4. The van der Waals surface area contributed by atoms with E-state index in [1.807, 2.05) is 0 Å². The van der Waals surface area contributed by atoms with Gasteiger partial charge in [-0.1, -0.05) is 189 Å². The minimum Gasteiger partial charge on any atom is -0.309 e. The molecule has 0 amide bonds. The van der Waals surface area contributed by atoms with Crippen LogP contribution >= 0.6 is 0 Å². The van der Waals surface area contributed by atoms with Crippen LogP contribution in [0.4, 0.5) is 34.1 Å². The number of para-hydroxylation sites is 4. The normalized spacial score (nSPS) is 13.3. The number of hydrogen-bond donors (Lipinski definition) is 0. The van der Waals surface area contributed by atoms with Crippen LogP contribution in [-0.4, -0.2) is 0 Å². The zero-order chi connectivity index (χ0) is 41.6. The van der Waals surface area contributed by atoms with E-state index in [4.69, 9.17) is 0 Å². The third-order valence-corrected chi connectivity index (χ3v) is 13.4. The summed E-state index contributed by atoms with van der Waals surface area (Å²) in [5, 5.41) is 7.75. The molecule has 0 spiro atoms. The van der Waals surface area contributed by atoms with Gasteiger partial charge in [-0.15, -0.1) is 0 Å². The van der Waals surface area contributed by atoms with Gasteiger partial charge in [-0.05, 0) is 107 Å². The van der Waals surface area contributed by atoms with Crippen molar-refractivity contribution in [2.75, 3.05) is 9.80 Å². The van der Waals surface area contributed by atoms with E-state index in [1.54, 1.807) is 0 Å². The van der Waals surface area contributed by atoms with Gasteiger partial charge in [-0.3, -0.25) is 0 Å². The van der Waals surface area contributed by atoms with Crippen molar-refractivity contribution in [2.45, 2.75) is 51.9 Å². The first-order chi connectivity index (χ1) is 30.6. The Balaban J connectivity index is 1.29. The molecule has 0 N–H and O–H groups in total. The zero-order valence-electron chi connectivity index (χ0n) is 35.6. The second kappa shape index (κ2) is 16.0. The van der Waals surface area contributed by atoms with Crippen molar-refractivity contribution < 1.29 is 0 Å². The molecule has 11 rings (SSSR count). The number of anilines is 6. The van der Waals surface area contributed by atoms with Crippen LogP contribution in [0.1, 0.15) is 54.7 Å². The van der Waals surface area contributed by atoms with Gasteiger partial charge in [0.15, 0.2) is 0 Å². The molecule has 0 heterocycles. The highest BCUT2D eigenvalue weighted by molar-refractivity contribution is 6.29. The molecule has 0 radical (unpaired) electrons. The van der Waals surface area contributed by atoms with E-state index >= 15 is 0 Å². The number of rotatable bonds is 9. The Morgan fingerprint density at radius 1 is 0.387 bits per heavy atom. The van der Waals surface area contributed by atoms with E-state index in [-0.39, 0.29) is 0 Å². The summed E-state index contributed by atoms with van der Waals surface area (Å²) in [6.45, 7) is 4.52. The SMILES string of the molecule is Cc1cccc(-c2ccccc2)c1N(c1ccccc1)c1cc(N(c2ccccc2)c2c(C)cccc2-c2ccccc2)c2ccc3cc(C4CCCCC4)cc4ccc1c2c43. The quantitative estimate of drug-likeness (QED) is 0.134. The Hall–Kier alpha value is -7.16. The van der Waals surface area contributed by atoms with Gasteiger partial charge in [0.05, 0.1) is 22.7 Å². The smallest absolute Gasteiger partial charge is 0.0569 e. The highest BCUT2D eigenvalue weighted by atomic mass is 15.2. The van der Waals surface area contributed by atoms with Crippen molar-refractivity contribution in [1.82, 2.24) is 0 Å². The molecule has 1 saturated carbocycles. The summed E-state index contributed by atoms with van der Waals surface area (Å²) in [5.41, 5.74) is 15.6. The van der Waals surface area contributed by atoms with Crippen LogP contribution in [0.25, 0.3) is 54.6 Å². The van der Waals surface area contributed by atoms with Crippen molar-refractivity contribution in [1.29, 1.82) is 0 Å². The molecule has 300 valence electrons. The lowest BCUT2D eigenvalue weighted by molar-refractivity contribution is 0.444. The Labute approximate surface area is 365 Å². The Morgan fingerprint density at radius 2 is 0.823 bits per heavy atom. The van der Waals surface area contributed by atoms with Crippen molar-refractivity contribution in [2.24, 2.45) is 0 Å². The summed E-state index contributed by atoms with van der Waals surface area (Å²) in [7, 11) is 0. The van der Waals surface area contributed by atoms with E-state index in [0.29, 0.717) is 5.92 Å². The molecule has 0 bridgehead atoms. The van der Waals surface area contributed by atoms with E-state index in [0.717, 1.165) is 22.7 Å². The molecular formula is C60H50N2. The third-order valence-electron chi connectivity index (χ3n) is 13.4. The molecule has 1 fully saturated rings. The van der Waals surface area contributed by atoms with Crippen LogP contribution in [0.15, 0.2) is 200 Å². The molecule has 62 heavy (non-hydrogen) atoms. The molecule has 1 aliphatic rings. The maximum atomic E-state index is 2.54. The number of benzene rings is 10. The molecule has 10 aromatic rings. The summed E-state index contributed by atoms with van der Waals surface area (Å²) in [6.07, 6.45) is 6.55. The molecule has 2 nitrogen and oxygen atoms in total. The van der Waals surface area contributed by atoms with Gasteiger partial charge in [-0.2, -0.15) is 0 Å². The molecule has 0 unspecified atom stereocenters. The second-order valence-electron chi connectivity index (χ2n) is 17.2. The third kappa shape index (κ3) is 6.59. The lowest BCUT2D eigenvalue weighted by Gasteiger charge is -2.35. The van der Waals surface area contributed by atoms with Crippen LogP contribution in [-0.2, 0) is 0 Å². The molecule has 0 aromatic heterocycles. The second-order valence-corrected chi connectivity index (χ2v) is 17.2. The van der Waals surface area contributed by atoms with E-state index in [1.165, 1.54) is 115 Å². The molecule has 0 aliphatic heterocycles. The Kier molecular flexibility index (Phi) is 9.78. The van der Waals surface area contributed by atoms with Gasteiger partial charge in [0.2, 0.25) is 0 Å². The first-order valence-corrected chi connectivity index (χ1v) is 22.4. The molecule has 1 aliphatic carbocycles. The highest BCUT2D eigenvalue weighted by Gasteiger charge is 2.28. The summed E-state index contributed by atoms with van der Waals surface area (Å²) in [4.78, 5) is 5.08. The van der Waals surface area contributed by atoms with Gasteiger partial charge in [0.1, 0.15) is 0 Å². The predicted molar refractivity (Wildman–Crippen MR) is 266 cm³/mol. The molecule has 0 atom stereocenters. The number of nitrogens with zero attached hydrogens (tertiary/aromatic N) is 2. The number of hydrogen-bond acceptors (Lipinski definition) is 2. The monoisotopic (exact) mass is 798 g/mol. The topological polar surface area (TPSA) is 6.48 Å². The van der Waals surface area contributed by atoms with Crippen molar-refractivity contribution in [3.8, 4) is 22.3 Å². The Morgan fingerprint density at radius 3 is 1.27 bits per heavy atom. The first-order valence-electron chi connectivity index (χ1n) is 22.4.